The zero-order valence-electron chi connectivity index (χ0n) is 26.7. The second-order valence-electron chi connectivity index (χ2n) is 12.3. The summed E-state index contributed by atoms with van der Waals surface area (Å²) in [6, 6.07) is 6.67. The number of amides is 1. The third kappa shape index (κ3) is 5.64. The highest BCUT2D eigenvalue weighted by molar-refractivity contribution is 7.94. The highest BCUT2D eigenvalue weighted by Gasteiger charge is 2.42. The molecule has 46 heavy (non-hydrogen) atoms. The lowest BCUT2D eigenvalue weighted by molar-refractivity contribution is -0.130. The number of nitrogens with zero attached hydrogens (tertiary/aromatic N) is 4. The minimum Gasteiger partial charge on any atom is -0.398 e. The first-order valence-electron chi connectivity index (χ1n) is 15.0. The van der Waals surface area contributed by atoms with Crippen molar-refractivity contribution in [2.75, 3.05) is 36.5 Å². The van der Waals surface area contributed by atoms with Gasteiger partial charge >= 0.3 is 0 Å². The second-order valence-corrected chi connectivity index (χ2v) is 14.8. The Morgan fingerprint density at radius 1 is 1.13 bits per heavy atom. The Morgan fingerprint density at radius 3 is 2.43 bits per heavy atom. The largest absolute Gasteiger partial charge is 0.398 e. The van der Waals surface area contributed by atoms with Gasteiger partial charge in [-0.15, -0.1) is 0 Å². The van der Waals surface area contributed by atoms with E-state index in [-0.39, 0.29) is 81.5 Å². The molecule has 0 unspecified atom stereocenters. The molecular weight excluding hydrogens is 632 g/mol. The fourth-order valence-electron chi connectivity index (χ4n) is 6.54. The predicted molar refractivity (Wildman–Crippen MR) is 181 cm³/mol. The van der Waals surface area contributed by atoms with E-state index >= 15 is 8.78 Å². The van der Waals surface area contributed by atoms with Crippen LogP contribution in [0.25, 0.3) is 16.8 Å². The standard InChI is InChI=1S/C34H38ClF2N5O3S/c1-8-27(43)40-15-21(6)41(16-20(40)5)33-22-14-23(35)28(29-24(36)10-9-11-25(29)38)30(37)34(22)42(17-26(33)46(7,44)45)32-19(4)12-13-39-31(32)18(2)3/h8-14,18,20-21H,1,15-17,38H2,2-7H3/t20-,21+/m1/s1. The molecule has 2 aromatic carbocycles. The van der Waals surface area contributed by atoms with Gasteiger partial charge in [0.15, 0.2) is 15.7 Å². The molecule has 244 valence electrons. The maximum absolute atomic E-state index is 17.4. The van der Waals surface area contributed by atoms with Crippen LogP contribution >= 0.6 is 11.6 Å². The van der Waals surface area contributed by atoms with Crippen LogP contribution in [0.2, 0.25) is 5.02 Å². The molecule has 3 aromatic rings. The third-order valence-electron chi connectivity index (χ3n) is 8.73. The van der Waals surface area contributed by atoms with Crippen molar-refractivity contribution in [1.29, 1.82) is 0 Å². The van der Waals surface area contributed by atoms with Gasteiger partial charge in [-0.1, -0.05) is 38.1 Å². The molecule has 2 N–H and O–H groups in total. The van der Waals surface area contributed by atoms with Gasteiger partial charge in [-0.3, -0.25) is 9.78 Å². The van der Waals surface area contributed by atoms with Crippen LogP contribution in [0.3, 0.4) is 0 Å². The number of carbonyl (C=O) groups is 1. The monoisotopic (exact) mass is 669 g/mol. The van der Waals surface area contributed by atoms with E-state index in [1.807, 2.05) is 39.5 Å². The number of fused-ring (bicyclic) bond motifs is 1. The van der Waals surface area contributed by atoms with E-state index in [2.05, 4.69) is 11.6 Å². The first-order chi connectivity index (χ1) is 21.6. The van der Waals surface area contributed by atoms with Crippen molar-refractivity contribution in [2.24, 2.45) is 0 Å². The number of rotatable bonds is 6. The molecule has 5 rings (SSSR count). The number of pyridine rings is 1. The molecule has 0 saturated carbocycles. The zero-order valence-corrected chi connectivity index (χ0v) is 28.3. The number of anilines is 3. The molecule has 3 heterocycles. The van der Waals surface area contributed by atoms with E-state index in [4.69, 9.17) is 17.3 Å². The Kier molecular flexibility index (Phi) is 8.96. The Morgan fingerprint density at radius 2 is 1.83 bits per heavy atom. The fraction of sp³-hybridized carbons (Fsp3) is 0.353. The Hall–Kier alpha value is -3.96. The van der Waals surface area contributed by atoms with Crippen molar-refractivity contribution in [1.82, 2.24) is 14.8 Å². The van der Waals surface area contributed by atoms with Crippen LogP contribution in [0.4, 0.5) is 25.8 Å². The maximum atomic E-state index is 17.4. The first kappa shape index (κ1) is 33.4. The van der Waals surface area contributed by atoms with Crippen molar-refractivity contribution in [2.45, 2.75) is 52.6 Å². The SMILES string of the molecule is C=CC(=O)N1C[C@H](C)N(C2=C(S(C)(=O)=O)CN(c3c(C)ccnc3C(C)C)c3c2cc(Cl)c(-c2c(N)cccc2F)c3F)C[C@H]1C. The molecule has 0 spiro atoms. The number of sulfone groups is 1. The number of hydrogen-bond acceptors (Lipinski definition) is 7. The van der Waals surface area contributed by atoms with Crippen molar-refractivity contribution < 1.29 is 22.0 Å². The lowest BCUT2D eigenvalue weighted by Crippen LogP contribution is -2.57. The van der Waals surface area contributed by atoms with E-state index in [0.29, 0.717) is 17.1 Å². The average Bonchev–Trinajstić information content (AvgIpc) is 2.97. The number of aromatic nitrogens is 1. The quantitative estimate of drug-likeness (QED) is 0.231. The average molecular weight is 670 g/mol. The highest BCUT2D eigenvalue weighted by atomic mass is 35.5. The normalized spacial score (nSPS) is 18.7. The topological polar surface area (TPSA) is 99.8 Å². The van der Waals surface area contributed by atoms with Crippen molar-refractivity contribution >= 4 is 50.1 Å². The number of aryl methyl sites for hydroxylation is 1. The molecule has 1 fully saturated rings. The Bertz CT molecular complexity index is 1880. The van der Waals surface area contributed by atoms with Gasteiger partial charge in [-0.05, 0) is 62.6 Å². The number of nitrogen functional groups attached to an aromatic ring is 1. The Balaban J connectivity index is 1.88. The third-order valence-corrected chi connectivity index (χ3v) is 10.2. The van der Waals surface area contributed by atoms with Crippen LogP contribution in [0.15, 0.2) is 54.1 Å². The van der Waals surface area contributed by atoms with Gasteiger partial charge < -0.3 is 20.4 Å². The molecule has 1 saturated heterocycles. The minimum absolute atomic E-state index is 0.00147. The summed E-state index contributed by atoms with van der Waals surface area (Å²) >= 11 is 6.82. The van der Waals surface area contributed by atoms with Gasteiger partial charge in [0, 0.05) is 60.0 Å². The molecule has 2 aliphatic heterocycles. The van der Waals surface area contributed by atoms with E-state index in [1.165, 1.54) is 30.3 Å². The first-order valence-corrected chi connectivity index (χ1v) is 17.3. The summed E-state index contributed by atoms with van der Waals surface area (Å²) in [5, 5.41) is -0.131. The predicted octanol–water partition coefficient (Wildman–Crippen LogP) is 6.67. The van der Waals surface area contributed by atoms with Crippen LogP contribution in [-0.2, 0) is 14.6 Å². The number of piperazine rings is 1. The van der Waals surface area contributed by atoms with E-state index in [0.717, 1.165) is 11.8 Å². The van der Waals surface area contributed by atoms with Crippen molar-refractivity contribution in [3.8, 4) is 11.1 Å². The molecule has 0 radical (unpaired) electrons. The summed E-state index contributed by atoms with van der Waals surface area (Å²) < 4.78 is 60.1. The van der Waals surface area contributed by atoms with Crippen molar-refractivity contribution in [3.05, 3.63) is 87.6 Å². The van der Waals surface area contributed by atoms with Crippen LogP contribution in [0.5, 0.6) is 0 Å². The van der Waals surface area contributed by atoms with Crippen LogP contribution < -0.4 is 10.6 Å². The number of carbonyl (C=O) groups excluding carboxylic acids is 1. The van der Waals surface area contributed by atoms with Gasteiger partial charge in [-0.25, -0.2) is 17.2 Å². The second kappa shape index (κ2) is 12.3. The summed E-state index contributed by atoms with van der Waals surface area (Å²) in [5.74, 6) is -1.93. The van der Waals surface area contributed by atoms with E-state index < -0.39 is 21.5 Å². The molecular formula is C34H38ClF2N5O3S. The Labute approximate surface area is 274 Å². The number of hydrogen-bond donors (Lipinski definition) is 1. The smallest absolute Gasteiger partial charge is 0.246 e. The molecule has 1 amide bonds. The lowest BCUT2D eigenvalue weighted by Gasteiger charge is -2.48. The number of benzene rings is 2. The van der Waals surface area contributed by atoms with E-state index in [9.17, 15) is 13.2 Å². The fourth-order valence-corrected chi connectivity index (χ4v) is 7.77. The van der Waals surface area contributed by atoms with Gasteiger partial charge in [0.2, 0.25) is 5.91 Å². The van der Waals surface area contributed by atoms with Crippen molar-refractivity contribution in [3.63, 3.8) is 0 Å². The van der Waals surface area contributed by atoms with Crippen LogP contribution in [0.1, 0.15) is 50.4 Å². The molecule has 8 nitrogen and oxygen atoms in total. The molecule has 2 aliphatic rings. The summed E-state index contributed by atoms with van der Waals surface area (Å²) in [4.78, 5) is 22.5. The van der Waals surface area contributed by atoms with Crippen LogP contribution in [0, 0.1) is 18.6 Å². The number of nitrogens with two attached hydrogens (primary N) is 1. The summed E-state index contributed by atoms with van der Waals surface area (Å²) in [7, 11) is -3.90. The van der Waals surface area contributed by atoms with Gasteiger partial charge in [-0.2, -0.15) is 0 Å². The summed E-state index contributed by atoms with van der Waals surface area (Å²) in [6.45, 7) is 13.4. The van der Waals surface area contributed by atoms with Crippen LogP contribution in [-0.4, -0.2) is 67.1 Å². The number of halogens is 3. The highest BCUT2D eigenvalue weighted by Crippen LogP contribution is 2.51. The molecule has 12 heteroatoms. The van der Waals surface area contributed by atoms with Gasteiger partial charge in [0.05, 0.1) is 39.2 Å². The van der Waals surface area contributed by atoms with Gasteiger partial charge in [0.25, 0.3) is 0 Å². The molecule has 2 atom stereocenters. The van der Waals surface area contributed by atoms with Gasteiger partial charge in [0.1, 0.15) is 5.82 Å². The molecule has 1 aromatic heterocycles. The zero-order chi connectivity index (χ0) is 33.8. The summed E-state index contributed by atoms with van der Waals surface area (Å²) in [6.07, 6.45) is 4.04. The molecule has 0 aliphatic carbocycles. The minimum atomic E-state index is -3.90. The van der Waals surface area contributed by atoms with E-state index in [1.54, 1.807) is 22.1 Å². The lowest BCUT2D eigenvalue weighted by atomic mass is 9.92. The maximum Gasteiger partial charge on any atom is 0.246 e. The summed E-state index contributed by atoms with van der Waals surface area (Å²) in [5.41, 5.74) is 8.28. The molecule has 0 bridgehead atoms.